The van der Waals surface area contributed by atoms with Crippen LogP contribution in [-0.2, 0) is 0 Å². The van der Waals surface area contributed by atoms with Gasteiger partial charge < -0.3 is 15.1 Å². The molecule has 0 aliphatic carbocycles. The monoisotopic (exact) mass is 353 g/mol. The number of amides is 1. The van der Waals surface area contributed by atoms with E-state index in [0.29, 0.717) is 17.8 Å². The Morgan fingerprint density at radius 1 is 1.19 bits per heavy atom. The Bertz CT molecular complexity index is 639. The van der Waals surface area contributed by atoms with Gasteiger partial charge in [0.1, 0.15) is 0 Å². The maximum absolute atomic E-state index is 11.7. The van der Waals surface area contributed by atoms with Crippen LogP contribution in [0.2, 0.25) is 0 Å². The van der Waals surface area contributed by atoms with Crippen molar-refractivity contribution in [2.45, 2.75) is 0 Å². The molecule has 0 unspecified atom stereocenters. The van der Waals surface area contributed by atoms with Gasteiger partial charge >= 0.3 is 0 Å². The van der Waals surface area contributed by atoms with Crippen LogP contribution in [0.4, 0.5) is 11.4 Å². The zero-order chi connectivity index (χ0) is 15.2. The van der Waals surface area contributed by atoms with Gasteiger partial charge in [-0.15, -0.1) is 0 Å². The van der Waals surface area contributed by atoms with Crippen LogP contribution < -0.4 is 10.6 Å². The van der Waals surface area contributed by atoms with Gasteiger partial charge in [0, 0.05) is 30.9 Å². The Labute approximate surface area is 128 Å². The van der Waals surface area contributed by atoms with Gasteiger partial charge in [0.2, 0.25) is 0 Å². The smallest absolute Gasteiger partial charge is 0.287 e. The number of hydrogen-bond donors (Lipinski definition) is 2. The Kier molecular flexibility index (Phi) is 4.94. The van der Waals surface area contributed by atoms with E-state index in [1.54, 1.807) is 24.3 Å². The molecule has 2 N–H and O–H groups in total. The maximum atomic E-state index is 11.7. The summed E-state index contributed by atoms with van der Waals surface area (Å²) in [7, 11) is 0. The first-order chi connectivity index (χ1) is 10.1. The van der Waals surface area contributed by atoms with Gasteiger partial charge in [0.15, 0.2) is 10.4 Å². The first kappa shape index (κ1) is 15.0. The zero-order valence-electron chi connectivity index (χ0n) is 10.8. The molecular weight excluding hydrogens is 342 g/mol. The summed E-state index contributed by atoms with van der Waals surface area (Å²) in [5.74, 6) is -0.0663. The average molecular weight is 354 g/mol. The molecular formula is C13H12BrN3O4. The lowest BCUT2D eigenvalue weighted by Gasteiger charge is -2.06. The second kappa shape index (κ2) is 6.89. The molecule has 21 heavy (non-hydrogen) atoms. The molecule has 0 atom stereocenters. The van der Waals surface area contributed by atoms with Gasteiger partial charge in [0.25, 0.3) is 11.6 Å². The van der Waals surface area contributed by atoms with E-state index in [2.05, 4.69) is 26.6 Å². The molecule has 8 heteroatoms. The van der Waals surface area contributed by atoms with E-state index >= 15 is 0 Å². The quantitative estimate of drug-likeness (QED) is 0.472. The number of nitro groups is 1. The molecule has 0 radical (unpaired) electrons. The topological polar surface area (TPSA) is 97.4 Å². The molecule has 110 valence electrons. The average Bonchev–Trinajstić information content (AvgIpc) is 2.90. The van der Waals surface area contributed by atoms with Crippen LogP contribution in [-0.4, -0.2) is 23.9 Å². The Hall–Kier alpha value is -2.35. The molecule has 1 heterocycles. The number of benzene rings is 1. The van der Waals surface area contributed by atoms with E-state index in [-0.39, 0.29) is 17.4 Å². The summed E-state index contributed by atoms with van der Waals surface area (Å²) >= 11 is 3.12. The van der Waals surface area contributed by atoms with E-state index in [9.17, 15) is 14.9 Å². The van der Waals surface area contributed by atoms with Crippen LogP contribution in [0.25, 0.3) is 0 Å². The number of rotatable bonds is 6. The predicted molar refractivity (Wildman–Crippen MR) is 80.3 cm³/mol. The van der Waals surface area contributed by atoms with Crippen molar-refractivity contribution >= 4 is 33.2 Å². The fourth-order valence-electron chi connectivity index (χ4n) is 1.61. The summed E-state index contributed by atoms with van der Waals surface area (Å²) in [5, 5.41) is 16.2. The van der Waals surface area contributed by atoms with Crippen molar-refractivity contribution in [3.63, 3.8) is 0 Å². The molecule has 0 fully saturated rings. The number of nitro benzene ring substituents is 1. The highest BCUT2D eigenvalue weighted by atomic mass is 79.9. The second-order valence-electron chi connectivity index (χ2n) is 4.09. The first-order valence-electron chi connectivity index (χ1n) is 6.08. The summed E-state index contributed by atoms with van der Waals surface area (Å²) in [5.41, 5.74) is 0.785. The number of halogens is 1. The minimum atomic E-state index is -0.453. The van der Waals surface area contributed by atoms with E-state index in [4.69, 9.17) is 4.42 Å². The summed E-state index contributed by atoms with van der Waals surface area (Å²) in [6.07, 6.45) is 0. The van der Waals surface area contributed by atoms with Crippen molar-refractivity contribution in [2.75, 3.05) is 18.4 Å². The minimum Gasteiger partial charge on any atom is -0.444 e. The highest BCUT2D eigenvalue weighted by Crippen LogP contribution is 2.15. The molecule has 0 aliphatic heterocycles. The number of nitrogens with one attached hydrogen (secondary N) is 2. The Morgan fingerprint density at radius 3 is 2.48 bits per heavy atom. The van der Waals surface area contributed by atoms with Gasteiger partial charge in [-0.05, 0) is 40.2 Å². The van der Waals surface area contributed by atoms with Crippen LogP contribution in [0.15, 0.2) is 45.5 Å². The van der Waals surface area contributed by atoms with Crippen LogP contribution >= 0.6 is 15.9 Å². The number of furan rings is 1. The van der Waals surface area contributed by atoms with Gasteiger partial charge in [0.05, 0.1) is 4.92 Å². The number of carbonyl (C=O) groups is 1. The lowest BCUT2D eigenvalue weighted by atomic mass is 10.3. The normalized spacial score (nSPS) is 10.1. The maximum Gasteiger partial charge on any atom is 0.287 e. The highest BCUT2D eigenvalue weighted by Gasteiger charge is 2.09. The van der Waals surface area contributed by atoms with Crippen molar-refractivity contribution in [1.82, 2.24) is 5.32 Å². The summed E-state index contributed by atoms with van der Waals surface area (Å²) in [6.45, 7) is 0.888. The van der Waals surface area contributed by atoms with Crippen LogP contribution in [0.5, 0.6) is 0 Å². The second-order valence-corrected chi connectivity index (χ2v) is 4.87. The summed E-state index contributed by atoms with van der Waals surface area (Å²) < 4.78 is 5.61. The van der Waals surface area contributed by atoms with Crippen LogP contribution in [0, 0.1) is 10.1 Å². The number of hydrogen-bond acceptors (Lipinski definition) is 5. The zero-order valence-corrected chi connectivity index (χ0v) is 12.4. The Balaban J connectivity index is 1.74. The predicted octanol–water partition coefficient (Wildman–Crippen LogP) is 2.79. The van der Waals surface area contributed by atoms with Gasteiger partial charge in [-0.3, -0.25) is 14.9 Å². The lowest BCUT2D eigenvalue weighted by molar-refractivity contribution is -0.384. The minimum absolute atomic E-state index is 0.0391. The van der Waals surface area contributed by atoms with Crippen molar-refractivity contribution in [1.29, 1.82) is 0 Å². The first-order valence-corrected chi connectivity index (χ1v) is 6.87. The summed E-state index contributed by atoms with van der Waals surface area (Å²) in [4.78, 5) is 21.7. The van der Waals surface area contributed by atoms with Crippen LogP contribution in [0.1, 0.15) is 10.6 Å². The largest absolute Gasteiger partial charge is 0.444 e. The fourth-order valence-corrected chi connectivity index (χ4v) is 1.91. The molecule has 2 rings (SSSR count). The van der Waals surface area contributed by atoms with E-state index in [0.717, 1.165) is 5.69 Å². The molecule has 0 saturated heterocycles. The molecule has 2 aromatic rings. The fraction of sp³-hybridized carbons (Fsp3) is 0.154. The Morgan fingerprint density at radius 2 is 1.90 bits per heavy atom. The molecule has 0 spiro atoms. The third-order valence-electron chi connectivity index (χ3n) is 2.61. The van der Waals surface area contributed by atoms with Crippen molar-refractivity contribution in [3.05, 3.63) is 56.9 Å². The van der Waals surface area contributed by atoms with Crippen LogP contribution in [0.3, 0.4) is 0 Å². The van der Waals surface area contributed by atoms with Gasteiger partial charge in [-0.25, -0.2) is 0 Å². The van der Waals surface area contributed by atoms with Gasteiger partial charge in [-0.2, -0.15) is 0 Å². The number of carbonyl (C=O) groups excluding carboxylic acids is 1. The standard InChI is InChI=1S/C13H12BrN3O4/c14-12-6-5-11(21-12)13(18)16-8-7-15-9-1-3-10(4-2-9)17(19)20/h1-6,15H,7-8H2,(H,16,18). The highest BCUT2D eigenvalue weighted by molar-refractivity contribution is 9.10. The lowest BCUT2D eigenvalue weighted by Crippen LogP contribution is -2.28. The van der Waals surface area contributed by atoms with Crippen molar-refractivity contribution in [2.24, 2.45) is 0 Å². The third-order valence-corrected chi connectivity index (χ3v) is 3.04. The van der Waals surface area contributed by atoms with E-state index in [1.807, 2.05) is 0 Å². The number of anilines is 1. The molecule has 0 aliphatic rings. The van der Waals surface area contributed by atoms with E-state index in [1.165, 1.54) is 12.1 Å². The molecule has 0 bridgehead atoms. The molecule has 1 aromatic heterocycles. The SMILES string of the molecule is O=C(NCCNc1ccc([N+](=O)[O-])cc1)c1ccc(Br)o1. The molecule has 1 aromatic carbocycles. The number of non-ortho nitro benzene ring substituents is 1. The van der Waals surface area contributed by atoms with Crippen molar-refractivity contribution in [3.8, 4) is 0 Å². The van der Waals surface area contributed by atoms with Crippen molar-refractivity contribution < 1.29 is 14.1 Å². The van der Waals surface area contributed by atoms with E-state index < -0.39 is 4.92 Å². The number of nitrogens with zero attached hydrogens (tertiary/aromatic N) is 1. The molecule has 7 nitrogen and oxygen atoms in total. The molecule has 0 saturated carbocycles. The third kappa shape index (κ3) is 4.32. The summed E-state index contributed by atoms with van der Waals surface area (Å²) in [6, 6.07) is 9.28. The molecule has 1 amide bonds. The van der Waals surface area contributed by atoms with Gasteiger partial charge in [-0.1, -0.05) is 0 Å².